The molecule has 9 aromatic carbocycles. The molecule has 0 bridgehead atoms. The zero-order chi connectivity index (χ0) is 36.3. The standard InChI is InChI=1S/C52H33NOS/c1-2-12-36(13-3-1)47-33-41(28-30-42(47)39-25-29-44-43-15-6-8-19-49(43)54-50(44)32-39)53(48-18-10-17-46-45-16-7-9-20-51(45)55-52(46)48)40-26-23-35(24-27-40)38-22-21-34-11-4-5-14-37(34)31-38/h1-33H. The summed E-state index contributed by atoms with van der Waals surface area (Å²) >= 11 is 1.86. The summed E-state index contributed by atoms with van der Waals surface area (Å²) in [6.07, 6.45) is 0. The molecule has 11 rings (SSSR count). The molecule has 55 heavy (non-hydrogen) atoms. The average molecular weight is 720 g/mol. The third-order valence-corrected chi connectivity index (χ3v) is 12.1. The van der Waals surface area contributed by atoms with Crippen LogP contribution in [0.3, 0.4) is 0 Å². The second-order valence-corrected chi connectivity index (χ2v) is 15.2. The second-order valence-electron chi connectivity index (χ2n) is 14.1. The number of thiophene rings is 1. The van der Waals surface area contributed by atoms with E-state index in [1.165, 1.54) is 42.1 Å². The smallest absolute Gasteiger partial charge is 0.136 e. The van der Waals surface area contributed by atoms with Gasteiger partial charge >= 0.3 is 0 Å². The van der Waals surface area contributed by atoms with Gasteiger partial charge in [0.25, 0.3) is 0 Å². The molecule has 0 spiro atoms. The molecule has 0 amide bonds. The van der Waals surface area contributed by atoms with Crippen molar-refractivity contribution in [3.63, 3.8) is 0 Å². The quantitative estimate of drug-likeness (QED) is 0.170. The molecule has 0 N–H and O–H groups in total. The van der Waals surface area contributed by atoms with E-state index in [4.69, 9.17) is 4.42 Å². The van der Waals surface area contributed by atoms with Gasteiger partial charge in [0.1, 0.15) is 11.2 Å². The van der Waals surface area contributed by atoms with Gasteiger partial charge < -0.3 is 9.32 Å². The predicted octanol–water partition coefficient (Wildman–Crippen LogP) is 15.6. The summed E-state index contributed by atoms with van der Waals surface area (Å²) in [6.45, 7) is 0. The molecule has 0 unspecified atom stereocenters. The van der Waals surface area contributed by atoms with Crippen LogP contribution >= 0.6 is 11.3 Å². The van der Waals surface area contributed by atoms with E-state index < -0.39 is 0 Å². The Hall–Kier alpha value is -6.94. The van der Waals surface area contributed by atoms with E-state index in [2.05, 4.69) is 193 Å². The number of fused-ring (bicyclic) bond motifs is 7. The van der Waals surface area contributed by atoms with Crippen molar-refractivity contribution < 1.29 is 4.42 Å². The summed E-state index contributed by atoms with van der Waals surface area (Å²) in [5, 5.41) is 7.33. The number of para-hydroxylation sites is 1. The van der Waals surface area contributed by atoms with Crippen LogP contribution in [-0.2, 0) is 0 Å². The number of anilines is 3. The minimum absolute atomic E-state index is 0.895. The van der Waals surface area contributed by atoms with Crippen LogP contribution < -0.4 is 4.90 Å². The molecule has 0 aliphatic heterocycles. The lowest BCUT2D eigenvalue weighted by molar-refractivity contribution is 0.669. The molecule has 0 aliphatic rings. The van der Waals surface area contributed by atoms with Gasteiger partial charge in [0, 0.05) is 37.6 Å². The monoisotopic (exact) mass is 719 g/mol. The van der Waals surface area contributed by atoms with Gasteiger partial charge in [-0.15, -0.1) is 11.3 Å². The summed E-state index contributed by atoms with van der Waals surface area (Å²) in [5.74, 6) is 0. The van der Waals surface area contributed by atoms with E-state index in [9.17, 15) is 0 Å². The van der Waals surface area contributed by atoms with Gasteiger partial charge in [-0.2, -0.15) is 0 Å². The minimum atomic E-state index is 0.895. The molecule has 0 fully saturated rings. The summed E-state index contributed by atoms with van der Waals surface area (Å²) in [6, 6.07) is 72.3. The first-order valence-corrected chi connectivity index (χ1v) is 19.5. The van der Waals surface area contributed by atoms with Crippen molar-refractivity contribution in [2.24, 2.45) is 0 Å². The number of benzene rings is 9. The van der Waals surface area contributed by atoms with Crippen LogP contribution in [-0.4, -0.2) is 0 Å². The van der Waals surface area contributed by atoms with Crippen molar-refractivity contribution in [1.82, 2.24) is 0 Å². The minimum Gasteiger partial charge on any atom is -0.456 e. The van der Waals surface area contributed by atoms with Crippen molar-refractivity contribution in [1.29, 1.82) is 0 Å². The molecule has 0 saturated heterocycles. The summed E-state index contributed by atoms with van der Waals surface area (Å²) in [5.41, 5.74) is 12.2. The maximum absolute atomic E-state index is 6.36. The van der Waals surface area contributed by atoms with E-state index in [1.54, 1.807) is 0 Å². The molecule has 11 aromatic rings. The van der Waals surface area contributed by atoms with Crippen molar-refractivity contribution in [3.8, 4) is 33.4 Å². The van der Waals surface area contributed by atoms with Crippen LogP contribution in [0.1, 0.15) is 0 Å². The van der Waals surface area contributed by atoms with Crippen molar-refractivity contribution in [3.05, 3.63) is 200 Å². The summed E-state index contributed by atoms with van der Waals surface area (Å²) < 4.78 is 8.92. The van der Waals surface area contributed by atoms with Gasteiger partial charge in [0.15, 0.2) is 0 Å². The Kier molecular flexibility index (Phi) is 7.39. The molecule has 0 radical (unpaired) electrons. The maximum atomic E-state index is 6.36. The number of nitrogens with zero attached hydrogens (tertiary/aromatic N) is 1. The largest absolute Gasteiger partial charge is 0.456 e. The fourth-order valence-electron chi connectivity index (χ4n) is 8.18. The summed E-state index contributed by atoms with van der Waals surface area (Å²) in [7, 11) is 0. The Morgan fingerprint density at radius 2 is 1.05 bits per heavy atom. The van der Waals surface area contributed by atoms with E-state index in [-0.39, 0.29) is 0 Å². The SMILES string of the molecule is c1ccc(-c2cc(N(c3ccc(-c4ccc5ccccc5c4)cc3)c3cccc4c3sc3ccccc34)ccc2-c2ccc3c(c2)oc2ccccc23)cc1. The molecule has 0 atom stereocenters. The molecule has 2 aromatic heterocycles. The molecule has 0 aliphatic carbocycles. The van der Waals surface area contributed by atoms with Gasteiger partial charge in [-0.25, -0.2) is 0 Å². The topological polar surface area (TPSA) is 16.4 Å². The lowest BCUT2D eigenvalue weighted by Crippen LogP contribution is -2.10. The molecular weight excluding hydrogens is 687 g/mol. The van der Waals surface area contributed by atoms with Crippen LogP contribution in [0, 0.1) is 0 Å². The van der Waals surface area contributed by atoms with Gasteiger partial charge in [-0.1, -0.05) is 140 Å². The van der Waals surface area contributed by atoms with Gasteiger partial charge in [0.2, 0.25) is 0 Å². The highest BCUT2D eigenvalue weighted by atomic mass is 32.1. The molecule has 2 heterocycles. The van der Waals surface area contributed by atoms with Gasteiger partial charge in [-0.3, -0.25) is 0 Å². The Labute approximate surface area is 322 Å². The number of hydrogen-bond acceptors (Lipinski definition) is 3. The van der Waals surface area contributed by atoms with Gasteiger partial charge in [-0.05, 0) is 105 Å². The van der Waals surface area contributed by atoms with Crippen LogP contribution in [0.4, 0.5) is 17.1 Å². The Bertz CT molecular complexity index is 3210. The van der Waals surface area contributed by atoms with Crippen LogP contribution in [0.15, 0.2) is 205 Å². The molecule has 3 heteroatoms. The normalized spacial score (nSPS) is 11.6. The van der Waals surface area contributed by atoms with E-state index in [1.807, 2.05) is 23.5 Å². The first-order valence-electron chi connectivity index (χ1n) is 18.7. The zero-order valence-electron chi connectivity index (χ0n) is 29.8. The Morgan fingerprint density at radius 1 is 0.364 bits per heavy atom. The van der Waals surface area contributed by atoms with Crippen molar-refractivity contribution >= 4 is 81.3 Å². The van der Waals surface area contributed by atoms with E-state index in [0.29, 0.717) is 0 Å². The fourth-order valence-corrected chi connectivity index (χ4v) is 9.39. The Morgan fingerprint density at radius 3 is 1.95 bits per heavy atom. The molecule has 258 valence electrons. The lowest BCUT2D eigenvalue weighted by Gasteiger charge is -2.27. The highest BCUT2D eigenvalue weighted by molar-refractivity contribution is 7.26. The number of rotatable bonds is 6. The van der Waals surface area contributed by atoms with Crippen molar-refractivity contribution in [2.45, 2.75) is 0 Å². The highest BCUT2D eigenvalue weighted by Gasteiger charge is 2.21. The predicted molar refractivity (Wildman–Crippen MR) is 235 cm³/mol. The first-order chi connectivity index (χ1) is 27.2. The second kappa shape index (κ2) is 12.9. The van der Waals surface area contributed by atoms with Crippen molar-refractivity contribution in [2.75, 3.05) is 4.90 Å². The van der Waals surface area contributed by atoms with Crippen LogP contribution in [0.5, 0.6) is 0 Å². The van der Waals surface area contributed by atoms with Crippen LogP contribution in [0.2, 0.25) is 0 Å². The zero-order valence-corrected chi connectivity index (χ0v) is 30.6. The number of furan rings is 1. The van der Waals surface area contributed by atoms with Crippen LogP contribution in [0.25, 0.3) is 86.3 Å². The highest BCUT2D eigenvalue weighted by Crippen LogP contribution is 2.47. The molecule has 2 nitrogen and oxygen atoms in total. The van der Waals surface area contributed by atoms with Gasteiger partial charge in [0.05, 0.1) is 10.4 Å². The van der Waals surface area contributed by atoms with E-state index >= 15 is 0 Å². The lowest BCUT2D eigenvalue weighted by atomic mass is 9.93. The maximum Gasteiger partial charge on any atom is 0.136 e. The summed E-state index contributed by atoms with van der Waals surface area (Å²) in [4.78, 5) is 2.43. The molecular formula is C52H33NOS. The Balaban J connectivity index is 1.10. The molecule has 0 saturated carbocycles. The fraction of sp³-hybridized carbons (Fsp3) is 0. The average Bonchev–Trinajstić information content (AvgIpc) is 3.83. The first kappa shape index (κ1) is 31.6. The number of hydrogen-bond donors (Lipinski definition) is 0. The third kappa shape index (κ3) is 5.40. The third-order valence-electron chi connectivity index (χ3n) is 10.9. The van der Waals surface area contributed by atoms with E-state index in [0.717, 1.165) is 61.3 Å².